The molecule has 0 spiro atoms. The third-order valence-electron chi connectivity index (χ3n) is 3.43. The summed E-state index contributed by atoms with van der Waals surface area (Å²) in [4.78, 5) is 18.9. The molecule has 0 bridgehead atoms. The number of nitrogens with one attached hydrogen (secondary N) is 1. The predicted octanol–water partition coefficient (Wildman–Crippen LogP) is 3.01. The Labute approximate surface area is 143 Å². The van der Waals surface area contributed by atoms with Gasteiger partial charge in [-0.05, 0) is 25.8 Å². The molecule has 21 heavy (non-hydrogen) atoms. The summed E-state index contributed by atoms with van der Waals surface area (Å²) in [6, 6.07) is 0.327. The average molecular weight is 354 g/mol. The van der Waals surface area contributed by atoms with Crippen LogP contribution in [0, 0.1) is 5.92 Å². The molecule has 1 N–H and O–H groups in total. The molecule has 1 amide bonds. The average Bonchev–Trinajstić information content (AvgIpc) is 2.97. The van der Waals surface area contributed by atoms with E-state index in [1.54, 1.807) is 11.3 Å². The van der Waals surface area contributed by atoms with E-state index >= 15 is 0 Å². The summed E-state index contributed by atoms with van der Waals surface area (Å²) in [5.74, 6) is 0.682. The van der Waals surface area contributed by atoms with Gasteiger partial charge in [0.25, 0.3) is 5.91 Å². The molecule has 1 aromatic rings. The zero-order valence-corrected chi connectivity index (χ0v) is 15.2. The van der Waals surface area contributed by atoms with E-state index in [4.69, 9.17) is 0 Å². The van der Waals surface area contributed by atoms with Crippen LogP contribution < -0.4 is 5.32 Å². The number of amides is 1. The van der Waals surface area contributed by atoms with E-state index in [-0.39, 0.29) is 30.7 Å². The topological polar surface area (TPSA) is 45.2 Å². The Morgan fingerprint density at radius 1 is 1.52 bits per heavy atom. The van der Waals surface area contributed by atoms with Crippen molar-refractivity contribution in [2.24, 2.45) is 5.92 Å². The lowest BCUT2D eigenvalue weighted by Gasteiger charge is -2.23. The van der Waals surface area contributed by atoms with Gasteiger partial charge in [0.15, 0.2) is 0 Å². The monoisotopic (exact) mass is 353 g/mol. The van der Waals surface area contributed by atoms with Crippen molar-refractivity contribution in [2.75, 3.05) is 20.1 Å². The minimum atomic E-state index is 0. The van der Waals surface area contributed by atoms with Gasteiger partial charge in [0, 0.05) is 30.9 Å². The number of halogens is 2. The van der Waals surface area contributed by atoms with Crippen LogP contribution in [-0.4, -0.2) is 42.0 Å². The van der Waals surface area contributed by atoms with Crippen molar-refractivity contribution in [3.05, 3.63) is 16.1 Å². The van der Waals surface area contributed by atoms with Crippen LogP contribution in [0.1, 0.15) is 42.2 Å². The first-order valence-corrected chi connectivity index (χ1v) is 7.89. The van der Waals surface area contributed by atoms with Gasteiger partial charge in [-0.1, -0.05) is 13.8 Å². The molecule has 1 saturated heterocycles. The number of aromatic nitrogens is 1. The normalized spacial score (nSPS) is 17.5. The minimum absolute atomic E-state index is 0. The summed E-state index contributed by atoms with van der Waals surface area (Å²) in [6.07, 6.45) is 3.15. The molecule has 0 saturated carbocycles. The first-order chi connectivity index (χ1) is 9.11. The van der Waals surface area contributed by atoms with Crippen LogP contribution in [0.15, 0.2) is 5.38 Å². The highest BCUT2D eigenvalue weighted by Gasteiger charge is 2.29. The van der Waals surface area contributed by atoms with E-state index in [2.05, 4.69) is 24.1 Å². The van der Waals surface area contributed by atoms with Crippen LogP contribution in [-0.2, 0) is 6.42 Å². The molecule has 1 unspecified atom stereocenters. The van der Waals surface area contributed by atoms with Crippen LogP contribution in [0.25, 0.3) is 0 Å². The zero-order chi connectivity index (χ0) is 13.8. The number of carbonyl (C=O) groups excluding carboxylic acids is 1. The first kappa shape index (κ1) is 20.6. The van der Waals surface area contributed by atoms with Crippen LogP contribution in [0.5, 0.6) is 0 Å². The van der Waals surface area contributed by atoms with E-state index in [0.29, 0.717) is 17.7 Å². The van der Waals surface area contributed by atoms with E-state index in [1.807, 2.05) is 17.3 Å². The van der Waals surface area contributed by atoms with E-state index in [1.165, 1.54) is 0 Å². The number of rotatable bonds is 5. The lowest BCUT2D eigenvalue weighted by atomic mass is 10.1. The van der Waals surface area contributed by atoms with Gasteiger partial charge in [0.2, 0.25) is 0 Å². The quantitative estimate of drug-likeness (QED) is 0.884. The van der Waals surface area contributed by atoms with E-state index in [0.717, 1.165) is 37.4 Å². The fourth-order valence-electron chi connectivity index (χ4n) is 2.55. The SMILES string of the molecule is CNCC1CCCN1C(=O)c1csc(CC(C)C)n1.Cl.Cl. The van der Waals surface area contributed by atoms with Gasteiger partial charge in [-0.3, -0.25) is 4.79 Å². The Morgan fingerprint density at radius 2 is 2.24 bits per heavy atom. The Morgan fingerprint density at radius 3 is 2.86 bits per heavy atom. The lowest BCUT2D eigenvalue weighted by molar-refractivity contribution is 0.0731. The molecule has 2 heterocycles. The highest BCUT2D eigenvalue weighted by atomic mass is 35.5. The van der Waals surface area contributed by atoms with Crippen molar-refractivity contribution >= 4 is 42.1 Å². The second-order valence-electron chi connectivity index (χ2n) is 5.58. The van der Waals surface area contributed by atoms with Crippen molar-refractivity contribution in [1.82, 2.24) is 15.2 Å². The summed E-state index contributed by atoms with van der Waals surface area (Å²) in [6.45, 7) is 6.08. The molecule has 1 atom stereocenters. The molecule has 0 radical (unpaired) electrons. The fourth-order valence-corrected chi connectivity index (χ4v) is 3.53. The maximum Gasteiger partial charge on any atom is 0.273 e. The van der Waals surface area contributed by atoms with Crippen molar-refractivity contribution in [3.8, 4) is 0 Å². The summed E-state index contributed by atoms with van der Waals surface area (Å²) in [7, 11) is 1.94. The number of carbonyl (C=O) groups is 1. The largest absolute Gasteiger partial charge is 0.333 e. The molecule has 1 aromatic heterocycles. The van der Waals surface area contributed by atoms with Crippen LogP contribution in [0.3, 0.4) is 0 Å². The molecule has 7 heteroatoms. The van der Waals surface area contributed by atoms with Gasteiger partial charge < -0.3 is 10.2 Å². The molecule has 4 nitrogen and oxygen atoms in total. The number of likely N-dealkylation sites (tertiary alicyclic amines) is 1. The lowest BCUT2D eigenvalue weighted by Crippen LogP contribution is -2.41. The van der Waals surface area contributed by atoms with Gasteiger partial charge in [-0.25, -0.2) is 4.98 Å². The Balaban J connectivity index is 0.00000200. The number of hydrogen-bond acceptors (Lipinski definition) is 4. The van der Waals surface area contributed by atoms with Gasteiger partial charge in [-0.2, -0.15) is 0 Å². The minimum Gasteiger partial charge on any atom is -0.333 e. The van der Waals surface area contributed by atoms with Crippen LogP contribution in [0.2, 0.25) is 0 Å². The van der Waals surface area contributed by atoms with Gasteiger partial charge in [0.1, 0.15) is 5.69 Å². The third-order valence-corrected chi connectivity index (χ3v) is 4.30. The highest BCUT2D eigenvalue weighted by molar-refractivity contribution is 7.09. The summed E-state index contributed by atoms with van der Waals surface area (Å²) < 4.78 is 0. The summed E-state index contributed by atoms with van der Waals surface area (Å²) in [5.41, 5.74) is 0.628. The van der Waals surface area contributed by atoms with Crippen molar-refractivity contribution in [3.63, 3.8) is 0 Å². The number of nitrogens with zero attached hydrogens (tertiary/aromatic N) is 2. The number of thiazole rings is 1. The standard InChI is InChI=1S/C14H23N3OS.2ClH/c1-10(2)7-13-16-12(9-19-13)14(18)17-6-4-5-11(17)8-15-3;;/h9-11,15H,4-8H2,1-3H3;2*1H. The molecular formula is C14H25Cl2N3OS. The van der Waals surface area contributed by atoms with Crippen molar-refractivity contribution in [2.45, 2.75) is 39.2 Å². The maximum absolute atomic E-state index is 12.5. The van der Waals surface area contributed by atoms with E-state index < -0.39 is 0 Å². The molecule has 1 aliphatic rings. The Kier molecular flexibility index (Phi) is 9.45. The maximum atomic E-state index is 12.5. The van der Waals surface area contributed by atoms with Crippen molar-refractivity contribution in [1.29, 1.82) is 0 Å². The van der Waals surface area contributed by atoms with Gasteiger partial charge >= 0.3 is 0 Å². The summed E-state index contributed by atoms with van der Waals surface area (Å²) in [5, 5.41) is 6.15. The van der Waals surface area contributed by atoms with Gasteiger partial charge in [0.05, 0.1) is 5.01 Å². The molecule has 122 valence electrons. The third kappa shape index (κ3) is 5.40. The molecular weight excluding hydrogens is 329 g/mol. The molecule has 1 fully saturated rings. The number of hydrogen-bond donors (Lipinski definition) is 1. The zero-order valence-electron chi connectivity index (χ0n) is 12.8. The van der Waals surface area contributed by atoms with Crippen molar-refractivity contribution < 1.29 is 4.79 Å². The summed E-state index contributed by atoms with van der Waals surface area (Å²) >= 11 is 1.61. The fraction of sp³-hybridized carbons (Fsp3) is 0.714. The highest BCUT2D eigenvalue weighted by Crippen LogP contribution is 2.21. The second kappa shape index (κ2) is 9.62. The first-order valence-electron chi connectivity index (χ1n) is 7.01. The van der Waals surface area contributed by atoms with Crippen LogP contribution >= 0.6 is 36.2 Å². The Bertz CT molecular complexity index is 440. The predicted molar refractivity (Wildman–Crippen MR) is 93.1 cm³/mol. The van der Waals surface area contributed by atoms with Crippen LogP contribution in [0.4, 0.5) is 0 Å². The van der Waals surface area contributed by atoms with E-state index in [9.17, 15) is 4.79 Å². The number of likely N-dealkylation sites (N-methyl/N-ethyl adjacent to an activating group) is 1. The smallest absolute Gasteiger partial charge is 0.273 e. The Hall–Kier alpha value is -0.360. The van der Waals surface area contributed by atoms with Gasteiger partial charge in [-0.15, -0.1) is 36.2 Å². The second-order valence-corrected chi connectivity index (χ2v) is 6.52. The molecule has 2 rings (SSSR count). The molecule has 0 aromatic carbocycles. The molecule has 1 aliphatic heterocycles. The molecule has 0 aliphatic carbocycles.